The minimum Gasteiger partial charge on any atom is -0.481 e. The van der Waals surface area contributed by atoms with Gasteiger partial charge in [0.15, 0.2) is 11.5 Å². The van der Waals surface area contributed by atoms with Crippen LogP contribution in [0.2, 0.25) is 0 Å². The summed E-state index contributed by atoms with van der Waals surface area (Å²) in [4.78, 5) is 21.1. The van der Waals surface area contributed by atoms with Gasteiger partial charge in [0.05, 0.1) is 17.1 Å². The quantitative estimate of drug-likeness (QED) is 0.425. The molecule has 1 unspecified atom stereocenters. The van der Waals surface area contributed by atoms with Crippen molar-refractivity contribution in [1.29, 1.82) is 0 Å². The van der Waals surface area contributed by atoms with E-state index in [1.54, 1.807) is 11.3 Å². The van der Waals surface area contributed by atoms with Gasteiger partial charge in [0.1, 0.15) is 5.82 Å². The van der Waals surface area contributed by atoms with E-state index in [-0.39, 0.29) is 31.5 Å². The lowest BCUT2D eigenvalue weighted by Crippen LogP contribution is -2.14. The molecule has 0 saturated heterocycles. The Morgan fingerprint density at radius 2 is 2.00 bits per heavy atom. The van der Waals surface area contributed by atoms with Crippen molar-refractivity contribution in [3.8, 4) is 11.5 Å². The Labute approximate surface area is 209 Å². The van der Waals surface area contributed by atoms with Gasteiger partial charge in [-0.25, -0.2) is 9.97 Å². The summed E-state index contributed by atoms with van der Waals surface area (Å²) in [6.07, 6.45) is 5.70. The molecule has 0 bridgehead atoms. The molecule has 5 rings (SSSR count). The van der Waals surface area contributed by atoms with Gasteiger partial charge in [-0.1, -0.05) is 12.1 Å². The van der Waals surface area contributed by atoms with E-state index < -0.39 is 5.97 Å². The van der Waals surface area contributed by atoms with Crippen LogP contribution >= 0.6 is 23.7 Å². The number of ether oxygens (including phenoxy) is 2. The summed E-state index contributed by atoms with van der Waals surface area (Å²) in [7, 11) is 0. The molecule has 2 aromatic heterocycles. The Kier molecular flexibility index (Phi) is 7.90. The molecular formula is C25H28ClN3O4S. The molecule has 3 aromatic rings. The van der Waals surface area contributed by atoms with Crippen molar-refractivity contribution in [3.63, 3.8) is 0 Å². The number of hydrogen-bond donors (Lipinski definition) is 2. The molecular weight excluding hydrogens is 474 g/mol. The average Bonchev–Trinajstić information content (AvgIpc) is 3.47. The summed E-state index contributed by atoms with van der Waals surface area (Å²) in [5.74, 6) is 1.43. The Morgan fingerprint density at radius 3 is 2.88 bits per heavy atom. The van der Waals surface area contributed by atoms with E-state index in [4.69, 9.17) is 19.4 Å². The second-order valence-electron chi connectivity index (χ2n) is 8.54. The van der Waals surface area contributed by atoms with E-state index in [0.29, 0.717) is 17.9 Å². The number of benzene rings is 1. The third kappa shape index (κ3) is 5.80. The first kappa shape index (κ1) is 24.3. The van der Waals surface area contributed by atoms with Crippen LogP contribution in [-0.4, -0.2) is 34.4 Å². The first-order valence-corrected chi connectivity index (χ1v) is 12.3. The lowest BCUT2D eigenvalue weighted by atomic mass is 9.91. The van der Waals surface area contributed by atoms with Crippen molar-refractivity contribution in [1.82, 2.24) is 9.97 Å². The number of rotatable bonds is 9. The number of hydrogen-bond acceptors (Lipinski definition) is 7. The number of aromatic nitrogens is 2. The molecule has 7 nitrogen and oxygen atoms in total. The van der Waals surface area contributed by atoms with Crippen LogP contribution in [0.15, 0.2) is 35.7 Å². The highest BCUT2D eigenvalue weighted by Gasteiger charge is 2.22. The van der Waals surface area contributed by atoms with Gasteiger partial charge >= 0.3 is 5.97 Å². The molecule has 9 heteroatoms. The molecule has 0 amide bonds. The smallest absolute Gasteiger partial charge is 0.303 e. The van der Waals surface area contributed by atoms with Crippen LogP contribution in [0.3, 0.4) is 0 Å². The zero-order valence-corrected chi connectivity index (χ0v) is 20.4. The monoisotopic (exact) mass is 501 g/mol. The van der Waals surface area contributed by atoms with Gasteiger partial charge in [0, 0.05) is 23.5 Å². The van der Waals surface area contributed by atoms with E-state index in [1.165, 1.54) is 12.0 Å². The van der Waals surface area contributed by atoms with Gasteiger partial charge in [-0.15, -0.1) is 23.7 Å². The number of pyridine rings is 1. The fraction of sp³-hybridized carbons (Fsp3) is 0.400. The summed E-state index contributed by atoms with van der Waals surface area (Å²) < 4.78 is 10.8. The number of nitrogens with zero attached hydrogens (tertiary/aromatic N) is 2. The standard InChI is InChI=1S/C25H27N3O4S.ClH/c29-24(30)13-18(17-7-9-21-22(12-17)32-15-31-21)11-20-14-33-23(27-20)5-1-4-19-8-6-16-3-2-10-26-25(16)28-19;/h6-9,12,14,18H,1-5,10-11,13,15H2,(H,26,28)(H,29,30);1H. The summed E-state index contributed by atoms with van der Waals surface area (Å²) in [5, 5.41) is 16.0. The maximum Gasteiger partial charge on any atom is 0.303 e. The van der Waals surface area contributed by atoms with Crippen LogP contribution in [0.1, 0.15) is 52.7 Å². The minimum atomic E-state index is -0.819. The van der Waals surface area contributed by atoms with Crippen molar-refractivity contribution >= 4 is 35.5 Å². The van der Waals surface area contributed by atoms with Gasteiger partial charge in [-0.2, -0.15) is 0 Å². The molecule has 0 fully saturated rings. The van der Waals surface area contributed by atoms with Crippen LogP contribution in [-0.2, 0) is 30.5 Å². The van der Waals surface area contributed by atoms with E-state index >= 15 is 0 Å². The Hall–Kier alpha value is -2.84. The number of nitrogens with one attached hydrogen (secondary N) is 1. The minimum absolute atomic E-state index is 0. The highest BCUT2D eigenvalue weighted by Crippen LogP contribution is 2.36. The predicted octanol–water partition coefficient (Wildman–Crippen LogP) is 5.02. The molecule has 180 valence electrons. The maximum atomic E-state index is 11.5. The van der Waals surface area contributed by atoms with Gasteiger partial charge in [-0.05, 0) is 67.9 Å². The van der Waals surface area contributed by atoms with E-state index in [0.717, 1.165) is 60.0 Å². The van der Waals surface area contributed by atoms with Crippen LogP contribution in [0.25, 0.3) is 0 Å². The highest BCUT2D eigenvalue weighted by molar-refractivity contribution is 7.09. The van der Waals surface area contributed by atoms with E-state index in [9.17, 15) is 9.90 Å². The first-order chi connectivity index (χ1) is 16.1. The molecule has 2 aliphatic heterocycles. The van der Waals surface area contributed by atoms with Crippen molar-refractivity contribution in [2.45, 2.75) is 50.9 Å². The van der Waals surface area contributed by atoms with Crippen molar-refractivity contribution < 1.29 is 19.4 Å². The summed E-state index contributed by atoms with van der Waals surface area (Å²) in [6, 6.07) is 10.0. The summed E-state index contributed by atoms with van der Waals surface area (Å²) >= 11 is 1.65. The third-order valence-electron chi connectivity index (χ3n) is 6.12. The summed E-state index contributed by atoms with van der Waals surface area (Å²) in [6.45, 7) is 1.20. The van der Waals surface area contributed by atoms with E-state index in [2.05, 4.69) is 22.8 Å². The van der Waals surface area contributed by atoms with Crippen molar-refractivity contribution in [2.24, 2.45) is 0 Å². The second kappa shape index (κ2) is 11.1. The molecule has 2 aliphatic rings. The first-order valence-electron chi connectivity index (χ1n) is 11.4. The Bertz CT molecular complexity index is 1150. The average molecular weight is 502 g/mol. The fourth-order valence-electron chi connectivity index (χ4n) is 4.42. The number of carbonyl (C=O) groups is 1. The number of aryl methyl sites for hydroxylation is 3. The molecule has 0 spiro atoms. The van der Waals surface area contributed by atoms with Gasteiger partial charge in [0.25, 0.3) is 0 Å². The van der Waals surface area contributed by atoms with Crippen LogP contribution in [0.4, 0.5) is 5.82 Å². The highest BCUT2D eigenvalue weighted by atomic mass is 35.5. The van der Waals surface area contributed by atoms with Crippen molar-refractivity contribution in [2.75, 3.05) is 18.7 Å². The van der Waals surface area contributed by atoms with Gasteiger partial charge in [0.2, 0.25) is 6.79 Å². The molecule has 0 saturated carbocycles. The number of halogens is 1. The molecule has 2 N–H and O–H groups in total. The zero-order valence-electron chi connectivity index (χ0n) is 18.8. The molecule has 1 aromatic carbocycles. The lowest BCUT2D eigenvalue weighted by Gasteiger charge is -2.17. The normalized spacial score (nSPS) is 14.6. The topological polar surface area (TPSA) is 93.6 Å². The van der Waals surface area contributed by atoms with Crippen LogP contribution in [0, 0.1) is 0 Å². The molecule has 0 aliphatic carbocycles. The molecule has 0 radical (unpaired) electrons. The van der Waals surface area contributed by atoms with Gasteiger partial charge < -0.3 is 19.9 Å². The van der Waals surface area contributed by atoms with Crippen LogP contribution in [0.5, 0.6) is 11.5 Å². The van der Waals surface area contributed by atoms with Gasteiger partial charge in [-0.3, -0.25) is 4.79 Å². The maximum absolute atomic E-state index is 11.5. The SMILES string of the molecule is Cl.O=C(O)CC(Cc1csc(CCCc2ccc3c(n2)NCCC3)n1)c1ccc2c(c1)OCO2. The third-order valence-corrected chi connectivity index (χ3v) is 7.08. The molecule has 34 heavy (non-hydrogen) atoms. The lowest BCUT2D eigenvalue weighted by molar-refractivity contribution is -0.137. The summed E-state index contributed by atoms with van der Waals surface area (Å²) in [5.41, 5.74) is 4.30. The number of aliphatic carboxylic acids is 1. The van der Waals surface area contributed by atoms with Crippen molar-refractivity contribution in [3.05, 3.63) is 63.2 Å². The molecule has 1 atom stereocenters. The number of anilines is 1. The Balaban J connectivity index is 0.00000274. The van der Waals surface area contributed by atoms with E-state index in [1.807, 2.05) is 18.2 Å². The largest absolute Gasteiger partial charge is 0.481 e. The number of carboxylic acids is 1. The Morgan fingerprint density at radius 1 is 1.12 bits per heavy atom. The predicted molar refractivity (Wildman–Crippen MR) is 134 cm³/mol. The fourth-order valence-corrected chi connectivity index (χ4v) is 5.28. The second-order valence-corrected chi connectivity index (χ2v) is 9.48. The van der Waals surface area contributed by atoms with Crippen LogP contribution < -0.4 is 14.8 Å². The zero-order chi connectivity index (χ0) is 22.6. The number of thiazole rings is 1. The number of fused-ring (bicyclic) bond motifs is 2. The molecule has 4 heterocycles. The number of carboxylic acid groups (broad SMARTS) is 1.